The zero-order valence-corrected chi connectivity index (χ0v) is 16.4. The summed E-state index contributed by atoms with van der Waals surface area (Å²) in [4.78, 5) is 16.0. The van der Waals surface area contributed by atoms with E-state index >= 15 is 0 Å². The molecule has 2 aromatic rings. The Morgan fingerprint density at radius 1 is 1.20 bits per heavy atom. The molecule has 0 saturated carbocycles. The fourth-order valence-corrected chi connectivity index (χ4v) is 3.51. The van der Waals surface area contributed by atoms with Crippen molar-refractivity contribution in [3.8, 4) is 0 Å². The van der Waals surface area contributed by atoms with E-state index in [-0.39, 0.29) is 16.4 Å². The van der Waals surface area contributed by atoms with E-state index in [4.69, 9.17) is 11.6 Å². The summed E-state index contributed by atoms with van der Waals surface area (Å²) in [5.41, 5.74) is 1.28. The predicted molar refractivity (Wildman–Crippen MR) is 107 cm³/mol. The lowest BCUT2D eigenvalue weighted by Gasteiger charge is -2.10. The summed E-state index contributed by atoms with van der Waals surface area (Å²) in [7, 11) is 0. The topological polar surface area (TPSA) is 69.9 Å². The molecule has 0 unspecified atom stereocenters. The zero-order valence-electron chi connectivity index (χ0n) is 13.2. The number of thioether (sulfide) groups is 1. The number of aliphatic hydroxyl groups is 1. The fraction of sp³-hybridized carbons (Fsp3) is 0.111. The number of carbonyl (C=O) groups is 1. The lowest BCUT2D eigenvalue weighted by molar-refractivity contribution is -0.132. The van der Waals surface area contributed by atoms with Gasteiger partial charge in [-0.3, -0.25) is 0 Å². The van der Waals surface area contributed by atoms with E-state index in [9.17, 15) is 15.0 Å². The quantitative estimate of drug-likeness (QED) is 0.259. The number of carboxylic acids is 1. The molecule has 0 aliphatic heterocycles. The summed E-state index contributed by atoms with van der Waals surface area (Å²) in [5, 5.41) is 20.0. The Hall–Kier alpha value is -1.76. The van der Waals surface area contributed by atoms with Crippen LogP contribution in [0.1, 0.15) is 12.5 Å². The van der Waals surface area contributed by atoms with E-state index in [0.717, 1.165) is 5.56 Å². The Morgan fingerprint density at radius 2 is 1.88 bits per heavy atom. The van der Waals surface area contributed by atoms with Crippen LogP contribution in [0.15, 0.2) is 69.3 Å². The molecule has 130 valence electrons. The van der Waals surface area contributed by atoms with Crippen LogP contribution in [-0.2, 0) is 10.5 Å². The van der Waals surface area contributed by atoms with Crippen molar-refractivity contribution >= 4 is 56.0 Å². The van der Waals surface area contributed by atoms with Gasteiger partial charge in [0.15, 0.2) is 0 Å². The molecule has 0 spiro atoms. The van der Waals surface area contributed by atoms with Crippen molar-refractivity contribution in [1.82, 2.24) is 0 Å². The van der Waals surface area contributed by atoms with E-state index in [1.807, 2.05) is 30.3 Å². The second kappa shape index (κ2) is 9.08. The molecule has 0 bridgehead atoms. The normalized spacial score (nSPS) is 12.7. The van der Waals surface area contributed by atoms with Crippen molar-refractivity contribution in [3.05, 3.63) is 74.9 Å². The summed E-state index contributed by atoms with van der Waals surface area (Å²) in [6.45, 7) is 1.33. The van der Waals surface area contributed by atoms with Crippen LogP contribution in [0.5, 0.6) is 0 Å². The lowest BCUT2D eigenvalue weighted by Crippen LogP contribution is -2.12. The van der Waals surface area contributed by atoms with E-state index in [2.05, 4.69) is 20.9 Å². The Bertz CT molecular complexity index is 833. The first-order valence-electron chi connectivity index (χ1n) is 7.22. The first-order valence-corrected chi connectivity index (χ1v) is 9.38. The Morgan fingerprint density at radius 3 is 2.48 bits per heavy atom. The molecule has 25 heavy (non-hydrogen) atoms. The number of benzene rings is 2. The standard InChI is InChI=1S/C18H15BrClNO3S/c1-11(22)16(18(23)24)17(25-10-12-5-3-2-4-6-12)21-15-9-13(20)7-8-14(15)19/h2-9,22H,10H2,1H3,(H,23,24). The summed E-state index contributed by atoms with van der Waals surface area (Å²) >= 11 is 10.6. The van der Waals surface area contributed by atoms with Crippen molar-refractivity contribution in [2.75, 3.05) is 0 Å². The number of rotatable bonds is 5. The summed E-state index contributed by atoms with van der Waals surface area (Å²) < 4.78 is 0.676. The Balaban J connectivity index is 2.44. The maximum absolute atomic E-state index is 11.6. The van der Waals surface area contributed by atoms with Gasteiger partial charge >= 0.3 is 5.97 Å². The molecule has 0 aliphatic rings. The molecule has 0 fully saturated rings. The van der Waals surface area contributed by atoms with E-state index in [0.29, 0.717) is 20.9 Å². The van der Waals surface area contributed by atoms with Crippen LogP contribution in [0.2, 0.25) is 5.02 Å². The van der Waals surface area contributed by atoms with Gasteiger partial charge in [0.2, 0.25) is 0 Å². The number of hydrogen-bond donors (Lipinski definition) is 2. The van der Waals surface area contributed by atoms with Gasteiger partial charge in [0.25, 0.3) is 0 Å². The van der Waals surface area contributed by atoms with Crippen LogP contribution in [-0.4, -0.2) is 21.2 Å². The van der Waals surface area contributed by atoms with Crippen LogP contribution in [0.25, 0.3) is 0 Å². The van der Waals surface area contributed by atoms with Gasteiger partial charge in [0.1, 0.15) is 16.4 Å². The molecule has 2 N–H and O–H groups in total. The SMILES string of the molecule is CC(O)=C(C(=O)O)C(=Nc1cc(Cl)ccc1Br)SCc1ccccc1. The molecule has 2 aromatic carbocycles. The monoisotopic (exact) mass is 439 g/mol. The predicted octanol–water partition coefficient (Wildman–Crippen LogP) is 5.98. The van der Waals surface area contributed by atoms with E-state index in [1.54, 1.807) is 18.2 Å². The highest BCUT2D eigenvalue weighted by Gasteiger charge is 2.20. The van der Waals surface area contributed by atoms with Gasteiger partial charge in [0.05, 0.1) is 5.69 Å². The number of allylic oxidation sites excluding steroid dienone is 1. The molecule has 0 aromatic heterocycles. The molecule has 7 heteroatoms. The molecule has 0 aliphatic carbocycles. The summed E-state index contributed by atoms with van der Waals surface area (Å²) in [6.07, 6.45) is 0. The minimum Gasteiger partial charge on any atom is -0.512 e. The third-order valence-electron chi connectivity index (χ3n) is 3.14. The second-order valence-corrected chi connectivity index (χ2v) is 7.31. The van der Waals surface area contributed by atoms with Gasteiger partial charge in [-0.05, 0) is 46.6 Å². The third-order valence-corrected chi connectivity index (χ3v) is 5.09. The largest absolute Gasteiger partial charge is 0.512 e. The average molecular weight is 441 g/mol. The highest BCUT2D eigenvalue weighted by atomic mass is 79.9. The van der Waals surface area contributed by atoms with E-state index in [1.165, 1.54) is 18.7 Å². The van der Waals surface area contributed by atoms with Gasteiger partial charge in [-0.25, -0.2) is 9.79 Å². The highest BCUT2D eigenvalue weighted by Crippen LogP contribution is 2.32. The number of aliphatic imine (C=N–C) groups is 1. The second-order valence-electron chi connectivity index (χ2n) is 5.05. The fourth-order valence-electron chi connectivity index (χ4n) is 1.97. The zero-order chi connectivity index (χ0) is 18.4. The van der Waals surface area contributed by atoms with Crippen LogP contribution in [0.4, 0.5) is 5.69 Å². The van der Waals surface area contributed by atoms with E-state index < -0.39 is 5.97 Å². The van der Waals surface area contributed by atoms with Crippen LogP contribution in [0.3, 0.4) is 0 Å². The first-order chi connectivity index (χ1) is 11.9. The summed E-state index contributed by atoms with van der Waals surface area (Å²) in [6, 6.07) is 14.7. The first kappa shape index (κ1) is 19.6. The van der Waals surface area contributed by atoms with Crippen molar-refractivity contribution in [3.63, 3.8) is 0 Å². The van der Waals surface area contributed by atoms with Gasteiger partial charge in [-0.2, -0.15) is 0 Å². The van der Waals surface area contributed by atoms with Crippen molar-refractivity contribution in [2.24, 2.45) is 4.99 Å². The number of halogens is 2. The lowest BCUT2D eigenvalue weighted by atomic mass is 10.2. The van der Waals surface area contributed by atoms with Gasteiger partial charge in [-0.15, -0.1) is 11.8 Å². The molecule has 0 atom stereocenters. The van der Waals surface area contributed by atoms with Crippen molar-refractivity contribution in [2.45, 2.75) is 12.7 Å². The third kappa shape index (κ3) is 5.63. The van der Waals surface area contributed by atoms with Gasteiger partial charge < -0.3 is 10.2 Å². The minimum absolute atomic E-state index is 0.208. The molecular weight excluding hydrogens is 426 g/mol. The molecule has 4 nitrogen and oxygen atoms in total. The number of nitrogens with zero attached hydrogens (tertiary/aromatic N) is 1. The highest BCUT2D eigenvalue weighted by molar-refractivity contribution is 9.10. The molecule has 2 rings (SSSR count). The average Bonchev–Trinajstić information content (AvgIpc) is 2.56. The smallest absolute Gasteiger partial charge is 0.341 e. The number of carboxylic acid groups (broad SMARTS) is 1. The number of aliphatic hydroxyl groups excluding tert-OH is 1. The number of aliphatic carboxylic acids is 1. The Kier molecular flexibility index (Phi) is 7.11. The van der Waals surface area contributed by atoms with Crippen LogP contribution in [0, 0.1) is 0 Å². The van der Waals surface area contributed by atoms with Crippen LogP contribution >= 0.6 is 39.3 Å². The molecule has 0 amide bonds. The number of hydrogen-bond acceptors (Lipinski definition) is 4. The Labute approximate surface area is 163 Å². The molecule has 0 saturated heterocycles. The molecule has 0 radical (unpaired) electrons. The molecule has 0 heterocycles. The summed E-state index contributed by atoms with van der Waals surface area (Å²) in [5.74, 6) is -1.02. The van der Waals surface area contributed by atoms with Gasteiger partial charge in [-0.1, -0.05) is 41.9 Å². The van der Waals surface area contributed by atoms with Crippen molar-refractivity contribution < 1.29 is 15.0 Å². The minimum atomic E-state index is -1.24. The van der Waals surface area contributed by atoms with Crippen LogP contribution < -0.4 is 0 Å². The molecular formula is C18H15BrClNO3S. The maximum Gasteiger partial charge on any atom is 0.341 e. The van der Waals surface area contributed by atoms with Gasteiger partial charge in [0, 0.05) is 15.2 Å². The maximum atomic E-state index is 11.6. The van der Waals surface area contributed by atoms with Crippen molar-refractivity contribution in [1.29, 1.82) is 0 Å².